The predicted molar refractivity (Wildman–Crippen MR) is 52.0 cm³/mol. The molecule has 1 aliphatic heterocycles. The van der Waals surface area contributed by atoms with Gasteiger partial charge in [-0.15, -0.1) is 11.3 Å². The molecule has 0 bridgehead atoms. The van der Waals surface area contributed by atoms with Crippen LogP contribution in [0.5, 0.6) is 0 Å². The van der Waals surface area contributed by atoms with E-state index in [1.54, 1.807) is 11.3 Å². The third kappa shape index (κ3) is 0.832. The Hall–Kier alpha value is -0.0500. The fraction of sp³-hybridized carbons (Fsp3) is 0.556. The topological polar surface area (TPSA) is 12.0 Å². The molecule has 1 nitrogen and oxygen atoms in total. The van der Waals surface area contributed by atoms with Crippen molar-refractivity contribution in [3.63, 3.8) is 0 Å². The van der Waals surface area contributed by atoms with E-state index in [0.29, 0.717) is 5.41 Å². The van der Waals surface area contributed by atoms with Gasteiger partial charge in [0.15, 0.2) is 0 Å². The summed E-state index contributed by atoms with van der Waals surface area (Å²) in [6.45, 7) is 2.37. The van der Waals surface area contributed by atoms with Gasteiger partial charge in [0.2, 0.25) is 0 Å². The number of piperidine rings is 1. The minimum atomic E-state index is 0.498. The van der Waals surface area contributed by atoms with E-state index in [0.717, 1.165) is 16.8 Å². The molecule has 2 atom stereocenters. The van der Waals surface area contributed by atoms with E-state index in [9.17, 15) is 0 Å². The maximum atomic E-state index is 5.92. The Morgan fingerprint density at radius 3 is 3.00 bits per heavy atom. The second kappa shape index (κ2) is 2.25. The summed E-state index contributed by atoms with van der Waals surface area (Å²) < 4.78 is 0.928. The standard InChI is InChI=1S/C9H10ClNS/c10-8-2-1-7(12-8)9-3-6(9)4-11-5-9/h1-2,6,11H,3-5H2/t6-,9-/m1/s1. The number of nitrogens with one attached hydrogen (secondary N) is 1. The molecule has 1 saturated carbocycles. The lowest BCUT2D eigenvalue weighted by atomic mass is 10.1. The SMILES string of the molecule is Clc1ccc([C@]23CNC[C@H]2C3)s1. The van der Waals surface area contributed by atoms with E-state index in [1.165, 1.54) is 17.8 Å². The zero-order valence-electron chi connectivity index (χ0n) is 6.64. The first-order chi connectivity index (χ1) is 5.81. The van der Waals surface area contributed by atoms with Crippen molar-refractivity contribution >= 4 is 22.9 Å². The van der Waals surface area contributed by atoms with Crippen LogP contribution in [0, 0.1) is 5.92 Å². The molecular weight excluding hydrogens is 190 g/mol. The summed E-state index contributed by atoms with van der Waals surface area (Å²) in [5.41, 5.74) is 0.498. The number of hydrogen-bond donors (Lipinski definition) is 1. The fourth-order valence-corrected chi connectivity index (χ4v) is 3.63. The Morgan fingerprint density at radius 1 is 1.58 bits per heavy atom. The molecule has 0 amide bonds. The fourth-order valence-electron chi connectivity index (χ4n) is 2.31. The smallest absolute Gasteiger partial charge is 0.0931 e. The maximum Gasteiger partial charge on any atom is 0.0931 e. The summed E-state index contributed by atoms with van der Waals surface area (Å²) in [5.74, 6) is 0.896. The number of rotatable bonds is 1. The highest BCUT2D eigenvalue weighted by Gasteiger charge is 2.58. The summed E-state index contributed by atoms with van der Waals surface area (Å²) >= 11 is 7.67. The van der Waals surface area contributed by atoms with Crippen LogP contribution in [0.1, 0.15) is 11.3 Å². The summed E-state index contributed by atoms with van der Waals surface area (Å²) in [7, 11) is 0. The second-order valence-corrected chi connectivity index (χ2v) is 5.51. The van der Waals surface area contributed by atoms with Gasteiger partial charge in [-0.3, -0.25) is 0 Å². The highest BCUT2D eigenvalue weighted by Crippen LogP contribution is 2.58. The Morgan fingerprint density at radius 2 is 2.50 bits per heavy atom. The minimum absolute atomic E-state index is 0.498. The number of hydrogen-bond acceptors (Lipinski definition) is 2. The van der Waals surface area contributed by atoms with Gasteiger partial charge in [-0.05, 0) is 31.0 Å². The zero-order valence-corrected chi connectivity index (χ0v) is 8.21. The van der Waals surface area contributed by atoms with Crippen molar-refractivity contribution in [2.45, 2.75) is 11.8 Å². The van der Waals surface area contributed by atoms with Crippen LogP contribution in [0.3, 0.4) is 0 Å². The van der Waals surface area contributed by atoms with E-state index >= 15 is 0 Å². The van der Waals surface area contributed by atoms with Crippen LogP contribution >= 0.6 is 22.9 Å². The molecule has 0 unspecified atom stereocenters. The zero-order chi connectivity index (χ0) is 8.18. The molecule has 64 valence electrons. The molecule has 2 aliphatic rings. The first kappa shape index (κ1) is 7.36. The van der Waals surface area contributed by atoms with Crippen LogP contribution in [0.4, 0.5) is 0 Å². The van der Waals surface area contributed by atoms with Crippen molar-refractivity contribution < 1.29 is 0 Å². The van der Waals surface area contributed by atoms with Crippen LogP contribution < -0.4 is 5.32 Å². The van der Waals surface area contributed by atoms with Crippen molar-refractivity contribution in [3.05, 3.63) is 21.3 Å². The summed E-state index contributed by atoms with van der Waals surface area (Å²) in [5, 5.41) is 3.43. The van der Waals surface area contributed by atoms with Crippen LogP contribution in [0.2, 0.25) is 4.34 Å². The molecule has 1 saturated heterocycles. The quantitative estimate of drug-likeness (QED) is 0.732. The van der Waals surface area contributed by atoms with E-state index in [1.807, 2.05) is 6.07 Å². The Balaban J connectivity index is 1.99. The highest BCUT2D eigenvalue weighted by molar-refractivity contribution is 7.16. The van der Waals surface area contributed by atoms with Crippen LogP contribution in [0.25, 0.3) is 0 Å². The molecule has 3 rings (SSSR count). The molecule has 0 spiro atoms. The van der Waals surface area contributed by atoms with E-state index in [4.69, 9.17) is 11.6 Å². The average molecular weight is 200 g/mol. The first-order valence-corrected chi connectivity index (χ1v) is 5.47. The molecular formula is C9H10ClNS. The van der Waals surface area contributed by atoms with E-state index in [2.05, 4.69) is 11.4 Å². The van der Waals surface area contributed by atoms with Gasteiger partial charge in [-0.25, -0.2) is 0 Å². The molecule has 12 heavy (non-hydrogen) atoms. The first-order valence-electron chi connectivity index (χ1n) is 4.28. The van der Waals surface area contributed by atoms with Gasteiger partial charge in [0.1, 0.15) is 0 Å². The third-order valence-corrected chi connectivity index (χ3v) is 4.58. The highest BCUT2D eigenvalue weighted by atomic mass is 35.5. The summed E-state index contributed by atoms with van der Waals surface area (Å²) in [6, 6.07) is 4.21. The number of fused-ring (bicyclic) bond motifs is 1. The Bertz CT molecular complexity index is 322. The molecule has 3 heteroatoms. The maximum absolute atomic E-state index is 5.92. The molecule has 1 aromatic heterocycles. The van der Waals surface area contributed by atoms with Crippen molar-refractivity contribution in [2.24, 2.45) is 5.92 Å². The molecule has 1 N–H and O–H groups in total. The average Bonchev–Trinajstić information content (AvgIpc) is 2.50. The van der Waals surface area contributed by atoms with Crippen molar-refractivity contribution in [1.29, 1.82) is 0 Å². The van der Waals surface area contributed by atoms with Gasteiger partial charge in [0, 0.05) is 16.8 Å². The predicted octanol–water partition coefficient (Wildman–Crippen LogP) is 2.26. The summed E-state index contributed by atoms with van der Waals surface area (Å²) in [6.07, 6.45) is 1.37. The van der Waals surface area contributed by atoms with Gasteiger partial charge in [0.05, 0.1) is 4.34 Å². The molecule has 0 aromatic carbocycles. The van der Waals surface area contributed by atoms with E-state index < -0.39 is 0 Å². The molecule has 1 aliphatic carbocycles. The van der Waals surface area contributed by atoms with Gasteiger partial charge in [0.25, 0.3) is 0 Å². The summed E-state index contributed by atoms with van der Waals surface area (Å²) in [4.78, 5) is 1.49. The normalized spacial score (nSPS) is 38.2. The van der Waals surface area contributed by atoms with Crippen LogP contribution in [0.15, 0.2) is 12.1 Å². The van der Waals surface area contributed by atoms with Gasteiger partial charge >= 0.3 is 0 Å². The lowest BCUT2D eigenvalue weighted by molar-refractivity contribution is 0.685. The van der Waals surface area contributed by atoms with Crippen molar-refractivity contribution in [2.75, 3.05) is 13.1 Å². The Kier molecular flexibility index (Phi) is 1.38. The van der Waals surface area contributed by atoms with Gasteiger partial charge < -0.3 is 5.32 Å². The third-order valence-electron chi connectivity index (χ3n) is 3.13. The van der Waals surface area contributed by atoms with Crippen molar-refractivity contribution in [1.82, 2.24) is 5.32 Å². The lowest BCUT2D eigenvalue weighted by Crippen LogP contribution is -2.18. The monoisotopic (exact) mass is 199 g/mol. The minimum Gasteiger partial charge on any atom is -0.315 e. The molecule has 1 aromatic rings. The van der Waals surface area contributed by atoms with Crippen molar-refractivity contribution in [3.8, 4) is 0 Å². The lowest BCUT2D eigenvalue weighted by Gasteiger charge is -2.07. The van der Waals surface area contributed by atoms with E-state index in [-0.39, 0.29) is 0 Å². The van der Waals surface area contributed by atoms with Gasteiger partial charge in [-0.1, -0.05) is 11.6 Å². The number of halogens is 1. The second-order valence-electron chi connectivity index (χ2n) is 3.79. The number of thiophene rings is 1. The van der Waals surface area contributed by atoms with Crippen LogP contribution in [-0.2, 0) is 5.41 Å². The molecule has 0 radical (unpaired) electrons. The molecule has 2 fully saturated rings. The molecule has 2 heterocycles. The van der Waals surface area contributed by atoms with Gasteiger partial charge in [-0.2, -0.15) is 0 Å². The van der Waals surface area contributed by atoms with Crippen LogP contribution in [-0.4, -0.2) is 13.1 Å². The largest absolute Gasteiger partial charge is 0.315 e. The Labute approximate surface area is 80.7 Å².